The standard InChI is InChI=1S/C13H22N4O3S/c1-20-8-4-7-17-12(19)15-16-13(17)21-9-11(18)14-10-5-2-3-6-10/h10H,2-9H2,1H3,(H,14,18)(H,15,19). The fraction of sp³-hybridized carbons (Fsp3) is 0.769. The number of rotatable bonds is 8. The lowest BCUT2D eigenvalue weighted by molar-refractivity contribution is -0.119. The number of nitrogens with zero attached hydrogens (tertiary/aromatic N) is 2. The molecule has 0 aromatic carbocycles. The van der Waals surface area contributed by atoms with E-state index in [1.54, 1.807) is 11.7 Å². The molecule has 0 atom stereocenters. The highest BCUT2D eigenvalue weighted by atomic mass is 32.2. The third-order valence-corrected chi connectivity index (χ3v) is 4.48. The molecular weight excluding hydrogens is 292 g/mol. The van der Waals surface area contributed by atoms with Gasteiger partial charge >= 0.3 is 5.69 Å². The average molecular weight is 314 g/mol. The average Bonchev–Trinajstić information content (AvgIpc) is 3.08. The van der Waals surface area contributed by atoms with E-state index in [2.05, 4.69) is 15.5 Å². The van der Waals surface area contributed by atoms with E-state index in [0.29, 0.717) is 24.3 Å². The molecule has 0 bridgehead atoms. The number of H-pyrrole nitrogens is 1. The van der Waals surface area contributed by atoms with Crippen molar-refractivity contribution in [3.8, 4) is 0 Å². The fourth-order valence-corrected chi connectivity index (χ4v) is 3.23. The van der Waals surface area contributed by atoms with Gasteiger partial charge in [-0.15, -0.1) is 5.10 Å². The van der Waals surface area contributed by atoms with E-state index >= 15 is 0 Å². The van der Waals surface area contributed by atoms with Crippen molar-refractivity contribution < 1.29 is 9.53 Å². The van der Waals surface area contributed by atoms with Crippen LogP contribution in [0.5, 0.6) is 0 Å². The second kappa shape index (κ2) is 8.23. The van der Waals surface area contributed by atoms with Crippen LogP contribution in [0.25, 0.3) is 0 Å². The molecule has 7 nitrogen and oxygen atoms in total. The van der Waals surface area contributed by atoms with Crippen LogP contribution in [0.1, 0.15) is 32.1 Å². The summed E-state index contributed by atoms with van der Waals surface area (Å²) in [6.07, 6.45) is 5.26. The van der Waals surface area contributed by atoms with E-state index < -0.39 is 0 Å². The fourth-order valence-electron chi connectivity index (χ4n) is 2.45. The smallest absolute Gasteiger partial charge is 0.343 e. The number of nitrogens with one attached hydrogen (secondary N) is 2. The summed E-state index contributed by atoms with van der Waals surface area (Å²) in [6, 6.07) is 0.321. The van der Waals surface area contributed by atoms with Gasteiger partial charge in [-0.3, -0.25) is 9.36 Å². The van der Waals surface area contributed by atoms with Crippen LogP contribution in [-0.2, 0) is 16.1 Å². The van der Waals surface area contributed by atoms with Gasteiger partial charge in [-0.2, -0.15) is 0 Å². The van der Waals surface area contributed by atoms with Crippen LogP contribution in [0.4, 0.5) is 0 Å². The molecule has 1 saturated carbocycles. The first kappa shape index (κ1) is 16.1. The molecule has 1 fully saturated rings. The van der Waals surface area contributed by atoms with Gasteiger partial charge in [0.25, 0.3) is 0 Å². The van der Waals surface area contributed by atoms with Gasteiger partial charge in [-0.25, -0.2) is 9.89 Å². The summed E-state index contributed by atoms with van der Waals surface area (Å²) in [5.74, 6) is 0.288. The molecule has 2 N–H and O–H groups in total. The van der Waals surface area contributed by atoms with Crippen LogP contribution in [0, 0.1) is 0 Å². The van der Waals surface area contributed by atoms with Crippen molar-refractivity contribution in [2.24, 2.45) is 0 Å². The summed E-state index contributed by atoms with van der Waals surface area (Å²) < 4.78 is 6.52. The number of thioether (sulfide) groups is 1. The van der Waals surface area contributed by atoms with Crippen LogP contribution in [-0.4, -0.2) is 46.2 Å². The van der Waals surface area contributed by atoms with E-state index in [0.717, 1.165) is 19.3 Å². The third kappa shape index (κ3) is 4.89. The number of hydrogen-bond donors (Lipinski definition) is 2. The van der Waals surface area contributed by atoms with Gasteiger partial charge in [-0.05, 0) is 19.3 Å². The lowest BCUT2D eigenvalue weighted by atomic mass is 10.2. The quantitative estimate of drug-likeness (QED) is 0.546. The summed E-state index contributed by atoms with van der Waals surface area (Å²) in [6.45, 7) is 1.12. The number of carbonyl (C=O) groups is 1. The molecule has 0 aliphatic heterocycles. The number of ether oxygens (including phenoxy) is 1. The first-order valence-electron chi connectivity index (χ1n) is 7.27. The number of amides is 1. The summed E-state index contributed by atoms with van der Waals surface area (Å²) in [7, 11) is 1.63. The summed E-state index contributed by atoms with van der Waals surface area (Å²) in [5.41, 5.74) is -0.246. The largest absolute Gasteiger partial charge is 0.385 e. The second-order valence-electron chi connectivity index (χ2n) is 5.15. The van der Waals surface area contributed by atoms with Crippen LogP contribution in [0.2, 0.25) is 0 Å². The van der Waals surface area contributed by atoms with E-state index in [9.17, 15) is 9.59 Å². The first-order valence-corrected chi connectivity index (χ1v) is 8.25. The molecule has 8 heteroatoms. The molecule has 0 spiro atoms. The van der Waals surface area contributed by atoms with Crippen LogP contribution in [0.15, 0.2) is 9.95 Å². The maximum absolute atomic E-state index is 11.9. The second-order valence-corrected chi connectivity index (χ2v) is 6.09. The Bertz CT molecular complexity index is 508. The Morgan fingerprint density at radius 1 is 1.52 bits per heavy atom. The van der Waals surface area contributed by atoms with Crippen molar-refractivity contribution in [1.29, 1.82) is 0 Å². The van der Waals surface area contributed by atoms with Gasteiger partial charge in [0.05, 0.1) is 5.75 Å². The zero-order valence-corrected chi connectivity index (χ0v) is 13.1. The number of aromatic nitrogens is 3. The van der Waals surface area contributed by atoms with Gasteiger partial charge in [0.15, 0.2) is 5.16 Å². The molecule has 1 aliphatic carbocycles. The Kier molecular flexibility index (Phi) is 6.31. The van der Waals surface area contributed by atoms with Crippen molar-refractivity contribution in [3.05, 3.63) is 10.5 Å². The topological polar surface area (TPSA) is 89.0 Å². The Morgan fingerprint density at radius 2 is 2.29 bits per heavy atom. The van der Waals surface area contributed by atoms with E-state index in [1.165, 1.54) is 24.6 Å². The monoisotopic (exact) mass is 314 g/mol. The molecule has 1 aromatic heterocycles. The van der Waals surface area contributed by atoms with Crippen molar-refractivity contribution >= 4 is 17.7 Å². The molecule has 1 aromatic rings. The summed E-state index contributed by atoms with van der Waals surface area (Å²) in [5, 5.41) is 9.97. The minimum atomic E-state index is -0.246. The predicted molar refractivity (Wildman–Crippen MR) is 80.5 cm³/mol. The van der Waals surface area contributed by atoms with Crippen molar-refractivity contribution in [2.75, 3.05) is 19.5 Å². The van der Waals surface area contributed by atoms with Gasteiger partial charge in [0, 0.05) is 26.3 Å². The zero-order chi connectivity index (χ0) is 15.1. The summed E-state index contributed by atoms with van der Waals surface area (Å²) in [4.78, 5) is 23.5. The van der Waals surface area contributed by atoms with Crippen LogP contribution < -0.4 is 11.0 Å². The van der Waals surface area contributed by atoms with Crippen LogP contribution in [0.3, 0.4) is 0 Å². The van der Waals surface area contributed by atoms with Gasteiger partial charge in [0.1, 0.15) is 0 Å². The Labute approximate surface area is 127 Å². The molecule has 1 aliphatic rings. The Balaban J connectivity index is 1.81. The molecular formula is C13H22N4O3S. The maximum atomic E-state index is 11.9. The molecule has 0 saturated heterocycles. The highest BCUT2D eigenvalue weighted by molar-refractivity contribution is 7.99. The zero-order valence-electron chi connectivity index (χ0n) is 12.3. The van der Waals surface area contributed by atoms with Crippen LogP contribution >= 0.6 is 11.8 Å². The predicted octanol–water partition coefficient (Wildman–Crippen LogP) is 0.759. The van der Waals surface area contributed by atoms with Gasteiger partial charge in [-0.1, -0.05) is 24.6 Å². The third-order valence-electron chi connectivity index (χ3n) is 3.51. The van der Waals surface area contributed by atoms with E-state index in [4.69, 9.17) is 4.74 Å². The maximum Gasteiger partial charge on any atom is 0.343 e. The van der Waals surface area contributed by atoms with Crippen molar-refractivity contribution in [2.45, 2.75) is 49.8 Å². The SMILES string of the molecule is COCCCn1c(SCC(=O)NC2CCCC2)n[nH]c1=O. The molecule has 118 valence electrons. The minimum absolute atomic E-state index is 0.00536. The van der Waals surface area contributed by atoms with Gasteiger partial charge in [0.2, 0.25) is 5.91 Å². The van der Waals surface area contributed by atoms with Crippen molar-refractivity contribution in [1.82, 2.24) is 20.1 Å². The summed E-state index contributed by atoms with van der Waals surface area (Å²) >= 11 is 1.29. The van der Waals surface area contributed by atoms with Crippen molar-refractivity contribution in [3.63, 3.8) is 0 Å². The molecule has 0 unspecified atom stereocenters. The normalized spacial score (nSPS) is 15.5. The van der Waals surface area contributed by atoms with E-state index in [-0.39, 0.29) is 17.3 Å². The molecule has 1 amide bonds. The number of hydrogen-bond acceptors (Lipinski definition) is 5. The molecule has 0 radical (unpaired) electrons. The Hall–Kier alpha value is -1.28. The number of aromatic amines is 1. The lowest BCUT2D eigenvalue weighted by Crippen LogP contribution is -2.34. The lowest BCUT2D eigenvalue weighted by Gasteiger charge is -2.11. The minimum Gasteiger partial charge on any atom is -0.385 e. The molecule has 1 heterocycles. The number of carbonyl (C=O) groups excluding carboxylic acids is 1. The highest BCUT2D eigenvalue weighted by Crippen LogP contribution is 2.18. The molecule has 2 rings (SSSR count). The van der Waals surface area contributed by atoms with E-state index in [1.807, 2.05) is 0 Å². The molecule has 21 heavy (non-hydrogen) atoms. The highest BCUT2D eigenvalue weighted by Gasteiger charge is 2.18. The van der Waals surface area contributed by atoms with Gasteiger partial charge < -0.3 is 10.1 Å². The first-order chi connectivity index (χ1) is 10.2. The Morgan fingerprint density at radius 3 is 3.00 bits per heavy atom. The number of methoxy groups -OCH3 is 1.